The maximum absolute atomic E-state index is 12.3. The van der Waals surface area contributed by atoms with E-state index in [9.17, 15) is 4.79 Å². The number of carbonyl (C=O) groups excluding carboxylic acids is 1. The Morgan fingerprint density at radius 1 is 1.12 bits per heavy atom. The Morgan fingerprint density at radius 3 is 2.65 bits per heavy atom. The summed E-state index contributed by atoms with van der Waals surface area (Å²) >= 11 is 0. The van der Waals surface area contributed by atoms with Crippen molar-refractivity contribution in [3.8, 4) is 22.9 Å². The van der Waals surface area contributed by atoms with Crippen molar-refractivity contribution >= 4 is 11.9 Å². The number of nitrogens with one attached hydrogen (secondary N) is 2. The maximum Gasteiger partial charge on any atom is 0.249 e. The van der Waals surface area contributed by atoms with E-state index in [1.165, 1.54) is 0 Å². The third-order valence-corrected chi connectivity index (χ3v) is 3.94. The van der Waals surface area contributed by atoms with Crippen LogP contribution in [-0.2, 0) is 11.2 Å². The first-order chi connectivity index (χ1) is 12.6. The minimum Gasteiger partial charge on any atom is -0.496 e. The molecule has 0 atom stereocenters. The molecule has 2 N–H and O–H groups in total. The molecule has 2 aromatic carbocycles. The molecule has 0 radical (unpaired) electrons. The van der Waals surface area contributed by atoms with Crippen LogP contribution in [0, 0.1) is 6.92 Å². The number of para-hydroxylation sites is 1. The average molecular weight is 352 g/mol. The number of aromatic nitrogens is 3. The van der Waals surface area contributed by atoms with E-state index >= 15 is 0 Å². The van der Waals surface area contributed by atoms with Crippen molar-refractivity contribution in [1.82, 2.24) is 15.2 Å². The van der Waals surface area contributed by atoms with E-state index in [1.54, 1.807) is 14.2 Å². The van der Waals surface area contributed by atoms with Gasteiger partial charge in [0, 0.05) is 0 Å². The van der Waals surface area contributed by atoms with Gasteiger partial charge in [0.05, 0.1) is 26.2 Å². The van der Waals surface area contributed by atoms with E-state index in [4.69, 9.17) is 9.47 Å². The first kappa shape index (κ1) is 17.5. The summed E-state index contributed by atoms with van der Waals surface area (Å²) in [7, 11) is 3.20. The molecular formula is C19H20N4O3. The lowest BCUT2D eigenvalue weighted by Gasteiger charge is -2.07. The molecule has 0 unspecified atom stereocenters. The van der Waals surface area contributed by atoms with Crippen LogP contribution in [0.3, 0.4) is 0 Å². The molecule has 0 fully saturated rings. The SMILES string of the molecule is COc1cc(CC(=O)Nc2n[nH]c(-c3ccccc3OC)n2)ccc1C. The number of ether oxygens (including phenoxy) is 2. The molecule has 26 heavy (non-hydrogen) atoms. The second-order valence-electron chi connectivity index (χ2n) is 5.74. The van der Waals surface area contributed by atoms with Crippen LogP contribution in [0.5, 0.6) is 11.5 Å². The number of aryl methyl sites for hydroxylation is 1. The smallest absolute Gasteiger partial charge is 0.249 e. The van der Waals surface area contributed by atoms with Gasteiger partial charge in [-0.3, -0.25) is 15.2 Å². The lowest BCUT2D eigenvalue weighted by Crippen LogP contribution is -2.15. The molecule has 1 amide bonds. The van der Waals surface area contributed by atoms with Gasteiger partial charge in [-0.2, -0.15) is 4.98 Å². The Bertz CT molecular complexity index is 921. The summed E-state index contributed by atoms with van der Waals surface area (Å²) in [4.78, 5) is 16.6. The summed E-state index contributed by atoms with van der Waals surface area (Å²) in [5, 5.41) is 9.56. The second kappa shape index (κ2) is 7.69. The standard InChI is InChI=1S/C19H20N4O3/c1-12-8-9-13(10-16(12)26-3)11-17(24)20-19-21-18(22-23-19)14-6-4-5-7-15(14)25-2/h4-10H,11H2,1-3H3,(H2,20,21,22,23,24). The van der Waals surface area contributed by atoms with E-state index < -0.39 is 0 Å². The molecule has 3 rings (SSSR count). The highest BCUT2D eigenvalue weighted by Gasteiger charge is 2.13. The summed E-state index contributed by atoms with van der Waals surface area (Å²) in [6.45, 7) is 1.95. The summed E-state index contributed by atoms with van der Waals surface area (Å²) in [6, 6.07) is 13.1. The van der Waals surface area contributed by atoms with E-state index in [0.29, 0.717) is 11.6 Å². The van der Waals surface area contributed by atoms with Gasteiger partial charge in [-0.1, -0.05) is 24.3 Å². The average Bonchev–Trinajstić information content (AvgIpc) is 3.11. The number of aromatic amines is 1. The normalized spacial score (nSPS) is 10.4. The van der Waals surface area contributed by atoms with Crippen molar-refractivity contribution in [3.05, 3.63) is 53.6 Å². The Hall–Kier alpha value is -3.35. The fourth-order valence-corrected chi connectivity index (χ4v) is 2.61. The number of anilines is 1. The van der Waals surface area contributed by atoms with Crippen LogP contribution in [0.25, 0.3) is 11.4 Å². The minimum atomic E-state index is -0.207. The van der Waals surface area contributed by atoms with Gasteiger partial charge < -0.3 is 9.47 Å². The molecule has 7 heteroatoms. The maximum atomic E-state index is 12.3. The van der Waals surface area contributed by atoms with Crippen molar-refractivity contribution in [2.75, 3.05) is 19.5 Å². The number of rotatable bonds is 6. The predicted molar refractivity (Wildman–Crippen MR) is 98.4 cm³/mol. The van der Waals surface area contributed by atoms with Crippen LogP contribution < -0.4 is 14.8 Å². The Morgan fingerprint density at radius 2 is 1.88 bits per heavy atom. The van der Waals surface area contributed by atoms with E-state index in [-0.39, 0.29) is 18.3 Å². The molecule has 0 aliphatic rings. The van der Waals surface area contributed by atoms with Crippen molar-refractivity contribution in [1.29, 1.82) is 0 Å². The molecule has 0 bridgehead atoms. The van der Waals surface area contributed by atoms with Crippen molar-refractivity contribution < 1.29 is 14.3 Å². The molecule has 3 aromatic rings. The summed E-state index contributed by atoms with van der Waals surface area (Å²) in [5.41, 5.74) is 2.64. The molecule has 0 aliphatic heterocycles. The predicted octanol–water partition coefficient (Wildman–Crippen LogP) is 2.98. The van der Waals surface area contributed by atoms with Crippen LogP contribution in [0.4, 0.5) is 5.95 Å². The van der Waals surface area contributed by atoms with E-state index in [2.05, 4.69) is 20.5 Å². The first-order valence-electron chi connectivity index (χ1n) is 8.10. The van der Waals surface area contributed by atoms with Gasteiger partial charge in [-0.15, -0.1) is 5.10 Å². The number of hydrogen-bond acceptors (Lipinski definition) is 5. The number of methoxy groups -OCH3 is 2. The molecule has 1 aromatic heterocycles. The molecule has 0 saturated heterocycles. The quantitative estimate of drug-likeness (QED) is 0.712. The van der Waals surface area contributed by atoms with E-state index in [0.717, 1.165) is 22.4 Å². The highest BCUT2D eigenvalue weighted by Crippen LogP contribution is 2.27. The van der Waals surface area contributed by atoms with Gasteiger partial charge >= 0.3 is 0 Å². The van der Waals surface area contributed by atoms with Crippen LogP contribution in [0.1, 0.15) is 11.1 Å². The molecule has 134 valence electrons. The van der Waals surface area contributed by atoms with Crippen LogP contribution in [0.2, 0.25) is 0 Å². The van der Waals surface area contributed by atoms with Gasteiger partial charge in [-0.05, 0) is 36.2 Å². The molecule has 0 spiro atoms. The van der Waals surface area contributed by atoms with Crippen molar-refractivity contribution in [2.45, 2.75) is 13.3 Å². The first-order valence-corrected chi connectivity index (χ1v) is 8.10. The summed E-state index contributed by atoms with van der Waals surface area (Å²) in [6.07, 6.45) is 0.204. The highest BCUT2D eigenvalue weighted by atomic mass is 16.5. The topological polar surface area (TPSA) is 89.1 Å². The largest absolute Gasteiger partial charge is 0.496 e. The van der Waals surface area contributed by atoms with Crippen LogP contribution in [0.15, 0.2) is 42.5 Å². The van der Waals surface area contributed by atoms with Gasteiger partial charge in [0.1, 0.15) is 11.5 Å². The lowest BCUT2D eigenvalue weighted by molar-refractivity contribution is -0.115. The Balaban J connectivity index is 1.70. The zero-order valence-corrected chi connectivity index (χ0v) is 14.9. The number of nitrogens with zero attached hydrogens (tertiary/aromatic N) is 2. The summed E-state index contributed by atoms with van der Waals surface area (Å²) in [5.74, 6) is 1.96. The number of carbonyl (C=O) groups is 1. The lowest BCUT2D eigenvalue weighted by atomic mass is 10.1. The number of H-pyrrole nitrogens is 1. The zero-order valence-electron chi connectivity index (χ0n) is 14.9. The van der Waals surface area contributed by atoms with Gasteiger partial charge in [-0.25, -0.2) is 0 Å². The summed E-state index contributed by atoms with van der Waals surface area (Å²) < 4.78 is 10.6. The molecule has 0 saturated carbocycles. The minimum absolute atomic E-state index is 0.204. The highest BCUT2D eigenvalue weighted by molar-refractivity contribution is 5.90. The molecule has 1 heterocycles. The molecular weight excluding hydrogens is 332 g/mol. The fraction of sp³-hybridized carbons (Fsp3) is 0.211. The van der Waals surface area contributed by atoms with E-state index in [1.807, 2.05) is 49.4 Å². The molecule has 7 nitrogen and oxygen atoms in total. The third-order valence-electron chi connectivity index (χ3n) is 3.94. The fourth-order valence-electron chi connectivity index (χ4n) is 2.61. The monoisotopic (exact) mass is 352 g/mol. The third kappa shape index (κ3) is 3.83. The molecule has 0 aliphatic carbocycles. The Kier molecular flexibility index (Phi) is 5.17. The van der Waals surface area contributed by atoms with Crippen molar-refractivity contribution in [2.24, 2.45) is 0 Å². The number of benzene rings is 2. The number of amides is 1. The van der Waals surface area contributed by atoms with Gasteiger partial charge in [0.15, 0.2) is 5.82 Å². The zero-order chi connectivity index (χ0) is 18.5. The van der Waals surface area contributed by atoms with Gasteiger partial charge in [0.25, 0.3) is 0 Å². The Labute approximate surface area is 151 Å². The van der Waals surface area contributed by atoms with Gasteiger partial charge in [0.2, 0.25) is 11.9 Å². The van der Waals surface area contributed by atoms with Crippen LogP contribution in [-0.4, -0.2) is 35.3 Å². The second-order valence-corrected chi connectivity index (χ2v) is 5.74. The van der Waals surface area contributed by atoms with Crippen molar-refractivity contribution in [3.63, 3.8) is 0 Å². The van der Waals surface area contributed by atoms with Crippen LogP contribution >= 0.6 is 0 Å². The number of hydrogen-bond donors (Lipinski definition) is 2.